The molecule has 0 aliphatic heterocycles. The average Bonchev–Trinajstić information content (AvgIpc) is 2.80. The second kappa shape index (κ2) is 5.16. The molecule has 90 valence electrons. The van der Waals surface area contributed by atoms with Crippen LogP contribution in [0.2, 0.25) is 5.02 Å². The fraction of sp³-hybridized carbons (Fsp3) is 0.273. The molecule has 0 fully saturated rings. The Morgan fingerprint density at radius 3 is 2.94 bits per heavy atom. The summed E-state index contributed by atoms with van der Waals surface area (Å²) in [5.74, 6) is 1.04. The summed E-state index contributed by atoms with van der Waals surface area (Å²) in [5.41, 5.74) is 6.71. The van der Waals surface area contributed by atoms with E-state index < -0.39 is 0 Å². The fourth-order valence-electron chi connectivity index (χ4n) is 1.32. The molecule has 6 heteroatoms. The normalized spacial score (nSPS) is 12.4. The summed E-state index contributed by atoms with van der Waals surface area (Å²) in [6.45, 7) is 2.11. The monoisotopic (exact) mass is 253 g/mol. The van der Waals surface area contributed by atoms with Crippen molar-refractivity contribution < 1.29 is 9.26 Å². The first-order valence-electron chi connectivity index (χ1n) is 5.10. The SMILES string of the molecule is C[C@H](N)c1ccc(OCc2ncon2)c(Cl)c1. The summed E-state index contributed by atoms with van der Waals surface area (Å²) in [5, 5.41) is 4.15. The van der Waals surface area contributed by atoms with E-state index in [1.54, 1.807) is 12.1 Å². The lowest BCUT2D eigenvalue weighted by Crippen LogP contribution is -2.05. The van der Waals surface area contributed by atoms with Crippen molar-refractivity contribution >= 4 is 11.6 Å². The number of halogens is 1. The van der Waals surface area contributed by atoms with Gasteiger partial charge < -0.3 is 15.0 Å². The van der Waals surface area contributed by atoms with Crippen LogP contribution in [-0.2, 0) is 6.61 Å². The Bertz CT molecular complexity index is 485. The van der Waals surface area contributed by atoms with Gasteiger partial charge in [0.05, 0.1) is 5.02 Å². The lowest BCUT2D eigenvalue weighted by Gasteiger charge is -2.09. The molecule has 0 aliphatic carbocycles. The van der Waals surface area contributed by atoms with Crippen molar-refractivity contribution in [2.45, 2.75) is 19.6 Å². The first-order valence-corrected chi connectivity index (χ1v) is 5.47. The Kier molecular flexibility index (Phi) is 3.61. The molecule has 2 N–H and O–H groups in total. The van der Waals surface area contributed by atoms with Gasteiger partial charge >= 0.3 is 0 Å². The van der Waals surface area contributed by atoms with Gasteiger partial charge in [0, 0.05) is 6.04 Å². The third kappa shape index (κ3) is 2.95. The zero-order valence-electron chi connectivity index (χ0n) is 9.26. The highest BCUT2D eigenvalue weighted by Crippen LogP contribution is 2.27. The number of aromatic nitrogens is 2. The molecule has 0 spiro atoms. The Hall–Kier alpha value is -1.59. The maximum Gasteiger partial charge on any atom is 0.213 e. The third-order valence-corrected chi connectivity index (χ3v) is 2.54. The van der Waals surface area contributed by atoms with Gasteiger partial charge in [0.2, 0.25) is 12.2 Å². The van der Waals surface area contributed by atoms with Gasteiger partial charge in [-0.1, -0.05) is 22.8 Å². The smallest absolute Gasteiger partial charge is 0.213 e. The van der Waals surface area contributed by atoms with Crippen LogP contribution in [0.25, 0.3) is 0 Å². The third-order valence-electron chi connectivity index (χ3n) is 2.25. The summed E-state index contributed by atoms with van der Waals surface area (Å²) in [6.07, 6.45) is 1.25. The summed E-state index contributed by atoms with van der Waals surface area (Å²) in [7, 11) is 0. The molecule has 0 aliphatic rings. The number of hydrogen-bond acceptors (Lipinski definition) is 5. The number of hydrogen-bond donors (Lipinski definition) is 1. The Labute approximate surface area is 104 Å². The van der Waals surface area contributed by atoms with Crippen molar-refractivity contribution in [1.29, 1.82) is 0 Å². The van der Waals surface area contributed by atoms with Crippen LogP contribution in [0, 0.1) is 0 Å². The predicted octanol–water partition coefficient (Wildman–Crippen LogP) is 2.32. The van der Waals surface area contributed by atoms with Crippen molar-refractivity contribution in [2.24, 2.45) is 5.73 Å². The average molecular weight is 254 g/mol. The van der Waals surface area contributed by atoms with Crippen molar-refractivity contribution in [3.05, 3.63) is 41.0 Å². The van der Waals surface area contributed by atoms with E-state index in [-0.39, 0.29) is 12.6 Å². The minimum atomic E-state index is -0.0567. The van der Waals surface area contributed by atoms with Gasteiger partial charge in [-0.2, -0.15) is 4.98 Å². The van der Waals surface area contributed by atoms with Crippen LogP contribution in [0.4, 0.5) is 0 Å². The summed E-state index contributed by atoms with van der Waals surface area (Å²) in [4.78, 5) is 3.84. The highest BCUT2D eigenvalue weighted by molar-refractivity contribution is 6.32. The molecule has 1 heterocycles. The molecular formula is C11H12ClN3O2. The molecule has 1 aromatic heterocycles. The fourth-order valence-corrected chi connectivity index (χ4v) is 1.56. The highest BCUT2D eigenvalue weighted by atomic mass is 35.5. The Balaban J connectivity index is 2.06. The second-order valence-electron chi connectivity index (χ2n) is 3.61. The Morgan fingerprint density at radius 1 is 1.53 bits per heavy atom. The lowest BCUT2D eigenvalue weighted by molar-refractivity contribution is 0.286. The molecule has 0 bridgehead atoms. The van der Waals surface area contributed by atoms with Gasteiger partial charge in [-0.3, -0.25) is 0 Å². The maximum absolute atomic E-state index is 6.07. The minimum Gasteiger partial charge on any atom is -0.484 e. The van der Waals surface area contributed by atoms with Gasteiger partial charge in [0.25, 0.3) is 0 Å². The van der Waals surface area contributed by atoms with E-state index in [9.17, 15) is 0 Å². The van der Waals surface area contributed by atoms with Gasteiger partial charge in [-0.15, -0.1) is 0 Å². The highest BCUT2D eigenvalue weighted by Gasteiger charge is 2.07. The molecule has 2 rings (SSSR count). The van der Waals surface area contributed by atoms with Gasteiger partial charge in [0.1, 0.15) is 5.75 Å². The van der Waals surface area contributed by atoms with Crippen molar-refractivity contribution in [1.82, 2.24) is 10.1 Å². The molecule has 0 saturated carbocycles. The van der Waals surface area contributed by atoms with Crippen molar-refractivity contribution in [2.75, 3.05) is 0 Å². The standard InChI is InChI=1S/C11H12ClN3O2/c1-7(13)8-2-3-10(9(12)4-8)16-5-11-14-6-17-15-11/h2-4,6-7H,5,13H2,1H3/t7-/m0/s1. The maximum atomic E-state index is 6.07. The minimum absolute atomic E-state index is 0.0567. The number of benzene rings is 1. The molecule has 0 unspecified atom stereocenters. The Morgan fingerprint density at radius 2 is 2.35 bits per heavy atom. The van der Waals surface area contributed by atoms with Gasteiger partial charge in [0.15, 0.2) is 6.61 Å². The lowest BCUT2D eigenvalue weighted by atomic mass is 10.1. The summed E-state index contributed by atoms with van der Waals surface area (Å²) in [6, 6.07) is 5.39. The van der Waals surface area contributed by atoms with Crippen LogP contribution < -0.4 is 10.5 Å². The quantitative estimate of drug-likeness (QED) is 0.905. The van der Waals surface area contributed by atoms with E-state index in [1.165, 1.54) is 6.39 Å². The van der Waals surface area contributed by atoms with E-state index >= 15 is 0 Å². The zero-order chi connectivity index (χ0) is 12.3. The van der Waals surface area contributed by atoms with Gasteiger partial charge in [-0.25, -0.2) is 0 Å². The molecule has 1 atom stereocenters. The van der Waals surface area contributed by atoms with Gasteiger partial charge in [-0.05, 0) is 24.6 Å². The van der Waals surface area contributed by atoms with E-state index in [0.29, 0.717) is 16.6 Å². The first kappa shape index (κ1) is 11.9. The molecule has 0 radical (unpaired) electrons. The number of ether oxygens (including phenoxy) is 1. The second-order valence-corrected chi connectivity index (χ2v) is 4.02. The number of nitrogens with zero attached hydrogens (tertiary/aromatic N) is 2. The van der Waals surface area contributed by atoms with Crippen LogP contribution in [-0.4, -0.2) is 10.1 Å². The van der Waals surface area contributed by atoms with E-state index in [1.807, 2.05) is 13.0 Å². The molecular weight excluding hydrogens is 242 g/mol. The molecule has 2 aromatic rings. The zero-order valence-corrected chi connectivity index (χ0v) is 10.0. The molecule has 5 nitrogen and oxygen atoms in total. The van der Waals surface area contributed by atoms with E-state index in [4.69, 9.17) is 22.1 Å². The molecule has 17 heavy (non-hydrogen) atoms. The summed E-state index contributed by atoms with van der Waals surface area (Å²) < 4.78 is 10.1. The molecule has 1 aromatic carbocycles. The number of nitrogens with two attached hydrogens (primary N) is 1. The van der Waals surface area contributed by atoms with E-state index in [2.05, 4.69) is 14.7 Å². The van der Waals surface area contributed by atoms with Crippen LogP contribution >= 0.6 is 11.6 Å². The van der Waals surface area contributed by atoms with Crippen LogP contribution in [0.1, 0.15) is 24.4 Å². The first-order chi connectivity index (χ1) is 8.16. The van der Waals surface area contributed by atoms with Crippen molar-refractivity contribution in [3.8, 4) is 5.75 Å². The number of rotatable bonds is 4. The van der Waals surface area contributed by atoms with Crippen molar-refractivity contribution in [3.63, 3.8) is 0 Å². The van der Waals surface area contributed by atoms with Crippen LogP contribution in [0.5, 0.6) is 5.75 Å². The predicted molar refractivity (Wildman–Crippen MR) is 62.7 cm³/mol. The summed E-state index contributed by atoms with van der Waals surface area (Å²) >= 11 is 6.07. The van der Waals surface area contributed by atoms with Crippen LogP contribution in [0.3, 0.4) is 0 Å². The van der Waals surface area contributed by atoms with Crippen LogP contribution in [0.15, 0.2) is 29.1 Å². The molecule has 0 amide bonds. The van der Waals surface area contributed by atoms with E-state index in [0.717, 1.165) is 5.56 Å². The molecule has 0 saturated heterocycles. The topological polar surface area (TPSA) is 74.2 Å². The largest absolute Gasteiger partial charge is 0.484 e.